The molecule has 3 heterocycles. The Bertz CT molecular complexity index is 1560. The number of thiophene rings is 1. The van der Waals surface area contributed by atoms with Gasteiger partial charge in [0.05, 0.1) is 37.7 Å². The molecule has 10 nitrogen and oxygen atoms in total. The smallest absolute Gasteiger partial charge is 0.330 e. The van der Waals surface area contributed by atoms with Crippen LogP contribution in [0.4, 0.5) is 4.39 Å². The lowest BCUT2D eigenvalue weighted by Gasteiger charge is -2.24. The van der Waals surface area contributed by atoms with Crippen LogP contribution in [0.5, 0.6) is 5.75 Å². The van der Waals surface area contributed by atoms with Gasteiger partial charge in [-0.05, 0) is 46.7 Å². The van der Waals surface area contributed by atoms with Gasteiger partial charge in [-0.25, -0.2) is 9.18 Å². The molecule has 3 amide bonds. The summed E-state index contributed by atoms with van der Waals surface area (Å²) >= 11 is 1.15. The van der Waals surface area contributed by atoms with E-state index < -0.39 is 23.7 Å². The molecule has 0 unspecified atom stereocenters. The number of hydrogen-bond acceptors (Lipinski definition) is 8. The van der Waals surface area contributed by atoms with Crippen molar-refractivity contribution in [3.8, 4) is 16.9 Å². The molecule has 236 valence electrons. The Kier molecular flexibility index (Phi) is 10.6. The number of halogens is 1. The molecule has 1 fully saturated rings. The fraction of sp³-hybridized carbons (Fsp3) is 0.333. The predicted octanol–water partition coefficient (Wildman–Crippen LogP) is 3.51. The summed E-state index contributed by atoms with van der Waals surface area (Å²) < 4.78 is 31.1. The largest absolute Gasteiger partial charge is 0.491 e. The van der Waals surface area contributed by atoms with Crippen LogP contribution in [-0.4, -0.2) is 80.2 Å². The van der Waals surface area contributed by atoms with Gasteiger partial charge in [-0.1, -0.05) is 42.5 Å². The summed E-state index contributed by atoms with van der Waals surface area (Å²) in [7, 11) is 1.22. The minimum atomic E-state index is -1.05. The third-order valence-corrected chi connectivity index (χ3v) is 8.46. The Labute approximate surface area is 264 Å². The van der Waals surface area contributed by atoms with Gasteiger partial charge in [-0.3, -0.25) is 14.4 Å². The zero-order chi connectivity index (χ0) is 31.8. The first-order valence-electron chi connectivity index (χ1n) is 14.6. The number of carbonyl (C=O) groups excluding carboxylic acids is 4. The first-order chi connectivity index (χ1) is 21.8. The number of benzene rings is 2. The molecule has 1 saturated heterocycles. The predicted molar refractivity (Wildman–Crippen MR) is 165 cm³/mol. The molecule has 0 spiro atoms. The van der Waals surface area contributed by atoms with Gasteiger partial charge in [0.1, 0.15) is 18.2 Å². The second-order valence-electron chi connectivity index (χ2n) is 10.8. The summed E-state index contributed by atoms with van der Waals surface area (Å²) in [5.41, 5.74) is 1.98. The van der Waals surface area contributed by atoms with E-state index in [0.717, 1.165) is 16.9 Å². The van der Waals surface area contributed by atoms with E-state index in [-0.39, 0.29) is 62.3 Å². The Balaban J connectivity index is 1.36. The number of methoxy groups -OCH3 is 1. The Morgan fingerprint density at radius 3 is 2.71 bits per heavy atom. The number of esters is 1. The van der Waals surface area contributed by atoms with Crippen molar-refractivity contribution < 1.29 is 37.8 Å². The van der Waals surface area contributed by atoms with E-state index in [0.29, 0.717) is 29.0 Å². The van der Waals surface area contributed by atoms with E-state index in [1.165, 1.54) is 19.2 Å². The van der Waals surface area contributed by atoms with Crippen molar-refractivity contribution in [1.82, 2.24) is 15.5 Å². The number of carbonyl (C=O) groups is 4. The Hall–Kier alpha value is -4.55. The van der Waals surface area contributed by atoms with Gasteiger partial charge in [-0.15, -0.1) is 11.3 Å². The highest BCUT2D eigenvalue weighted by Gasteiger charge is 2.36. The van der Waals surface area contributed by atoms with Crippen LogP contribution in [0.2, 0.25) is 0 Å². The maximum Gasteiger partial charge on any atom is 0.330 e. The topological polar surface area (TPSA) is 123 Å². The lowest BCUT2D eigenvalue weighted by atomic mass is 10.1. The second kappa shape index (κ2) is 15.0. The standard InChI is InChI=1S/C33H34FN3O7S/c1-42-33(41)28-19-43-10-6-5-9-31(39)37-17-25(35-30(38)11-21-7-3-2-4-8-21)16-26(37)18-44-27-13-22(12-24(34)15-27)23-14-29(45-20-23)32(40)36-28/h2-8,12-15,20,25-26,28H,9-11,16-19H2,1H3,(H,35,38)(H,36,40)/b6-5-/t25-,26-,28-/m0/s1. The van der Waals surface area contributed by atoms with Gasteiger partial charge in [0, 0.05) is 25.1 Å². The lowest BCUT2D eigenvalue weighted by Crippen LogP contribution is -2.44. The molecule has 0 saturated carbocycles. The number of fused-ring (bicyclic) bond motifs is 6. The van der Waals surface area contributed by atoms with Crippen LogP contribution in [0.25, 0.3) is 11.1 Å². The summed E-state index contributed by atoms with van der Waals surface area (Å²) in [6.45, 7) is 0.367. The van der Waals surface area contributed by atoms with Crippen LogP contribution in [0.1, 0.15) is 28.1 Å². The molecule has 2 aliphatic heterocycles. The molecule has 0 radical (unpaired) electrons. The van der Waals surface area contributed by atoms with Gasteiger partial charge in [0.2, 0.25) is 11.8 Å². The van der Waals surface area contributed by atoms with Gasteiger partial charge in [0.25, 0.3) is 5.91 Å². The van der Waals surface area contributed by atoms with E-state index in [9.17, 15) is 23.6 Å². The molecule has 2 aromatic carbocycles. The summed E-state index contributed by atoms with van der Waals surface area (Å²) in [6.07, 6.45) is 4.10. The zero-order valence-corrected chi connectivity index (χ0v) is 25.5. The van der Waals surface area contributed by atoms with Crippen molar-refractivity contribution in [3.63, 3.8) is 0 Å². The highest BCUT2D eigenvalue weighted by atomic mass is 32.1. The number of amides is 3. The van der Waals surface area contributed by atoms with Crippen molar-refractivity contribution in [3.05, 3.63) is 88.4 Å². The van der Waals surface area contributed by atoms with Crippen LogP contribution in [0.15, 0.2) is 72.1 Å². The first kappa shape index (κ1) is 31.9. The zero-order valence-electron chi connectivity index (χ0n) is 24.7. The summed E-state index contributed by atoms with van der Waals surface area (Å²) in [5, 5.41) is 7.38. The number of rotatable bonds is 4. The van der Waals surface area contributed by atoms with Gasteiger partial charge in [0.15, 0.2) is 6.04 Å². The van der Waals surface area contributed by atoms with E-state index in [1.54, 1.807) is 34.6 Å². The fourth-order valence-electron chi connectivity index (χ4n) is 5.32. The number of ether oxygens (including phenoxy) is 3. The molecule has 2 N–H and O–H groups in total. The summed E-state index contributed by atoms with van der Waals surface area (Å²) in [6, 6.07) is 13.6. The SMILES string of the molecule is COC(=O)[C@@H]1COC/C=C\CC(=O)N2C[C@@H](NC(=O)Cc3ccccc3)C[C@H]2COc2cc(F)cc(c2)-c2csc(c2)C(=O)N1. The molecular formula is C33H34FN3O7S. The molecule has 3 aromatic rings. The van der Waals surface area contributed by atoms with E-state index >= 15 is 0 Å². The van der Waals surface area contributed by atoms with Crippen LogP contribution >= 0.6 is 11.3 Å². The van der Waals surface area contributed by atoms with Crippen LogP contribution in [0, 0.1) is 5.82 Å². The van der Waals surface area contributed by atoms with E-state index in [2.05, 4.69) is 10.6 Å². The lowest BCUT2D eigenvalue weighted by molar-refractivity contribution is -0.144. The second-order valence-corrected chi connectivity index (χ2v) is 11.7. The summed E-state index contributed by atoms with van der Waals surface area (Å²) in [5.74, 6) is -1.74. The molecule has 4 bridgehead atoms. The maximum absolute atomic E-state index is 14.7. The van der Waals surface area contributed by atoms with Crippen molar-refractivity contribution >= 4 is 35.0 Å². The Morgan fingerprint density at radius 2 is 1.91 bits per heavy atom. The Morgan fingerprint density at radius 1 is 1.09 bits per heavy atom. The maximum atomic E-state index is 14.7. The minimum Gasteiger partial charge on any atom is -0.491 e. The van der Waals surface area contributed by atoms with Gasteiger partial charge < -0.3 is 29.7 Å². The van der Waals surface area contributed by atoms with Crippen LogP contribution < -0.4 is 15.4 Å². The van der Waals surface area contributed by atoms with Crippen molar-refractivity contribution in [2.45, 2.75) is 37.4 Å². The monoisotopic (exact) mass is 635 g/mol. The first-order valence-corrected chi connectivity index (χ1v) is 15.4. The third kappa shape index (κ3) is 8.55. The highest BCUT2D eigenvalue weighted by molar-refractivity contribution is 7.12. The average Bonchev–Trinajstić information content (AvgIpc) is 3.68. The van der Waals surface area contributed by atoms with Crippen molar-refractivity contribution in [2.24, 2.45) is 0 Å². The number of nitrogens with zero attached hydrogens (tertiary/aromatic N) is 1. The van der Waals surface area contributed by atoms with E-state index in [1.807, 2.05) is 30.3 Å². The van der Waals surface area contributed by atoms with Gasteiger partial charge in [-0.2, -0.15) is 0 Å². The normalized spacial score (nSPS) is 21.6. The van der Waals surface area contributed by atoms with Gasteiger partial charge >= 0.3 is 5.97 Å². The van der Waals surface area contributed by atoms with Crippen LogP contribution in [0.3, 0.4) is 0 Å². The molecule has 0 aliphatic carbocycles. The van der Waals surface area contributed by atoms with E-state index in [4.69, 9.17) is 14.2 Å². The summed E-state index contributed by atoms with van der Waals surface area (Å²) in [4.78, 5) is 53.3. The minimum absolute atomic E-state index is 0.0748. The average molecular weight is 636 g/mol. The fourth-order valence-corrected chi connectivity index (χ4v) is 6.14. The molecule has 3 atom stereocenters. The quantitative estimate of drug-likeness (QED) is 0.332. The molecule has 1 aromatic heterocycles. The highest BCUT2D eigenvalue weighted by Crippen LogP contribution is 2.30. The third-order valence-electron chi connectivity index (χ3n) is 7.53. The number of nitrogens with one attached hydrogen (secondary N) is 2. The molecule has 45 heavy (non-hydrogen) atoms. The molecule has 12 heteroatoms. The molecular weight excluding hydrogens is 601 g/mol. The van der Waals surface area contributed by atoms with Crippen molar-refractivity contribution in [2.75, 3.05) is 33.5 Å². The molecule has 2 aliphatic rings. The van der Waals surface area contributed by atoms with Crippen molar-refractivity contribution in [1.29, 1.82) is 0 Å². The molecule has 5 rings (SSSR count). The van der Waals surface area contributed by atoms with Crippen LogP contribution in [-0.2, 0) is 30.3 Å². The number of hydrogen-bond donors (Lipinski definition) is 2.